The third-order valence-corrected chi connectivity index (χ3v) is 4.91. The predicted octanol–water partition coefficient (Wildman–Crippen LogP) is 6.84. The average Bonchev–Trinajstić information content (AvgIpc) is 2.39. The Kier molecular flexibility index (Phi) is 16.4. The number of hydrogen-bond donors (Lipinski definition) is 0. The zero-order valence-corrected chi connectivity index (χ0v) is 16.7. The minimum Gasteiger partial charge on any atom is -0.298 e. The lowest BCUT2D eigenvalue weighted by molar-refractivity contribution is -0.116. The van der Waals surface area contributed by atoms with E-state index in [1.807, 2.05) is 0 Å². The maximum atomic E-state index is 11.4. The highest BCUT2D eigenvalue weighted by Crippen LogP contribution is 2.16. The van der Waals surface area contributed by atoms with E-state index in [4.69, 9.17) is 0 Å². The van der Waals surface area contributed by atoms with Crippen LogP contribution in [0.5, 0.6) is 0 Å². The molecule has 0 aromatic carbocycles. The maximum Gasteiger partial charge on any atom is 0.155 e. The molecule has 0 aliphatic rings. The van der Waals surface area contributed by atoms with Crippen molar-refractivity contribution in [2.75, 3.05) is 0 Å². The third kappa shape index (κ3) is 15.3. The molecule has 0 saturated carbocycles. The molecule has 0 rings (SSSR count). The molecule has 0 aliphatic heterocycles. The number of carbonyl (C=O) groups excluding carboxylic acids is 1. The van der Waals surface area contributed by atoms with Crippen LogP contribution in [0.2, 0.25) is 0 Å². The fraction of sp³-hybridized carbons (Fsp3) is 0.938. The highest BCUT2D eigenvalue weighted by molar-refractivity contribution is 14.2. The van der Waals surface area contributed by atoms with Gasteiger partial charge in [-0.15, -0.1) is 0 Å². The summed E-state index contributed by atoms with van der Waals surface area (Å²) < 4.78 is 0.169. The number of hydrogen-bond acceptors (Lipinski definition) is 1. The molecule has 0 bridgehead atoms. The van der Waals surface area contributed by atoms with Crippen molar-refractivity contribution in [3.63, 3.8) is 0 Å². The Morgan fingerprint density at radius 1 is 0.737 bits per heavy atom. The van der Waals surface area contributed by atoms with E-state index in [0.29, 0.717) is 5.78 Å². The Balaban J connectivity index is 3.05. The van der Waals surface area contributed by atoms with Crippen LogP contribution in [-0.2, 0) is 4.79 Å². The van der Waals surface area contributed by atoms with Crippen LogP contribution in [0, 0.1) is 0 Å². The topological polar surface area (TPSA) is 17.1 Å². The quantitative estimate of drug-likeness (QED) is 0.147. The first kappa shape index (κ1) is 20.1. The molecule has 0 spiro atoms. The van der Waals surface area contributed by atoms with Gasteiger partial charge in [0.25, 0.3) is 0 Å². The van der Waals surface area contributed by atoms with Crippen molar-refractivity contribution in [2.45, 2.75) is 92.3 Å². The summed E-state index contributed by atoms with van der Waals surface area (Å²) >= 11 is 4.40. The van der Waals surface area contributed by atoms with Crippen molar-refractivity contribution in [1.29, 1.82) is 0 Å². The van der Waals surface area contributed by atoms with Crippen LogP contribution in [0.4, 0.5) is 0 Å². The van der Waals surface area contributed by atoms with Crippen molar-refractivity contribution in [2.24, 2.45) is 0 Å². The summed E-state index contributed by atoms with van der Waals surface area (Å²) in [4.78, 5) is 11.4. The first-order chi connectivity index (χ1) is 9.18. The van der Waals surface area contributed by atoms with Crippen molar-refractivity contribution in [3.05, 3.63) is 0 Å². The molecule has 0 radical (unpaired) electrons. The summed E-state index contributed by atoms with van der Waals surface area (Å²) in [6.07, 6.45) is 17.1. The smallest absolute Gasteiger partial charge is 0.155 e. The van der Waals surface area contributed by atoms with E-state index in [1.165, 1.54) is 70.6 Å². The van der Waals surface area contributed by atoms with Crippen LogP contribution in [0.15, 0.2) is 0 Å². The minimum atomic E-state index is 0.169. The molecule has 3 heteroatoms. The fourth-order valence-electron chi connectivity index (χ4n) is 2.25. The molecule has 0 saturated heterocycles. The summed E-state index contributed by atoms with van der Waals surface area (Å²) in [5, 5.41) is 0. The molecule has 0 atom stereocenters. The second kappa shape index (κ2) is 15.5. The first-order valence-electron chi connectivity index (χ1n) is 7.99. The van der Waals surface area contributed by atoms with Gasteiger partial charge in [0.2, 0.25) is 0 Å². The van der Waals surface area contributed by atoms with Gasteiger partial charge in [0, 0.05) is 6.42 Å². The van der Waals surface area contributed by atoms with Crippen LogP contribution in [0.1, 0.15) is 90.4 Å². The lowest BCUT2D eigenvalue weighted by Gasteiger charge is -2.03. The maximum absolute atomic E-state index is 11.4. The molecular weight excluding hydrogens is 462 g/mol. The Bertz CT molecular complexity index is 205. The predicted molar refractivity (Wildman–Crippen MR) is 103 cm³/mol. The van der Waals surface area contributed by atoms with Gasteiger partial charge in [-0.05, 0) is 6.42 Å². The molecular formula is C16H30I2O. The third-order valence-electron chi connectivity index (χ3n) is 3.52. The second-order valence-electron chi connectivity index (χ2n) is 5.41. The Morgan fingerprint density at radius 2 is 1.11 bits per heavy atom. The normalized spacial score (nSPS) is 11.2. The van der Waals surface area contributed by atoms with Crippen molar-refractivity contribution in [1.82, 2.24) is 0 Å². The molecule has 0 aromatic heterocycles. The molecule has 0 unspecified atom stereocenters. The van der Waals surface area contributed by atoms with Crippen molar-refractivity contribution in [3.8, 4) is 0 Å². The minimum absolute atomic E-state index is 0.169. The summed E-state index contributed by atoms with van der Waals surface area (Å²) in [6, 6.07) is 0. The Hall–Kier alpha value is 1.13. The van der Waals surface area contributed by atoms with E-state index >= 15 is 0 Å². The first-order valence-corrected chi connectivity index (χ1v) is 10.5. The number of unbranched alkanes of at least 4 members (excludes halogenated alkanes) is 11. The Morgan fingerprint density at radius 3 is 1.47 bits per heavy atom. The highest BCUT2D eigenvalue weighted by Gasteiger charge is 2.08. The number of Topliss-reactive ketones (excluding diaryl/α,β-unsaturated/α-hetero) is 1. The second-order valence-corrected chi connectivity index (χ2v) is 10.3. The zero-order chi connectivity index (χ0) is 14.3. The molecule has 0 heterocycles. The summed E-state index contributed by atoms with van der Waals surface area (Å²) in [7, 11) is 0. The van der Waals surface area contributed by atoms with E-state index in [1.54, 1.807) is 0 Å². The molecule has 0 aromatic rings. The van der Waals surface area contributed by atoms with E-state index in [-0.39, 0.29) is 1.93 Å². The van der Waals surface area contributed by atoms with Crippen LogP contribution in [0.3, 0.4) is 0 Å². The number of alkyl halides is 2. The van der Waals surface area contributed by atoms with Gasteiger partial charge in [-0.1, -0.05) is 123 Å². The van der Waals surface area contributed by atoms with E-state index in [9.17, 15) is 4.79 Å². The van der Waals surface area contributed by atoms with Crippen LogP contribution >= 0.6 is 45.2 Å². The fourth-order valence-corrected chi connectivity index (χ4v) is 2.87. The molecule has 1 nitrogen and oxygen atoms in total. The van der Waals surface area contributed by atoms with Crippen LogP contribution < -0.4 is 0 Å². The molecule has 0 fully saturated rings. The van der Waals surface area contributed by atoms with E-state index < -0.39 is 0 Å². The molecule has 19 heavy (non-hydrogen) atoms. The molecule has 0 amide bonds. The van der Waals surface area contributed by atoms with Gasteiger partial charge in [0.1, 0.15) is 1.93 Å². The van der Waals surface area contributed by atoms with Gasteiger partial charge in [-0.25, -0.2) is 0 Å². The van der Waals surface area contributed by atoms with E-state index in [2.05, 4.69) is 52.1 Å². The number of carbonyl (C=O) groups is 1. The summed E-state index contributed by atoms with van der Waals surface area (Å²) in [6.45, 7) is 2.27. The number of ketones is 1. The summed E-state index contributed by atoms with van der Waals surface area (Å²) in [5.74, 6) is 0.410. The van der Waals surface area contributed by atoms with Gasteiger partial charge in [0.15, 0.2) is 5.78 Å². The monoisotopic (exact) mass is 492 g/mol. The number of halogens is 2. The number of rotatable bonds is 14. The van der Waals surface area contributed by atoms with Crippen molar-refractivity contribution >= 4 is 51.0 Å². The molecule has 0 aliphatic carbocycles. The summed E-state index contributed by atoms with van der Waals surface area (Å²) in [5.41, 5.74) is 0. The van der Waals surface area contributed by atoms with Gasteiger partial charge < -0.3 is 0 Å². The lowest BCUT2D eigenvalue weighted by atomic mass is 10.0. The van der Waals surface area contributed by atoms with Gasteiger partial charge in [0.05, 0.1) is 0 Å². The molecule has 114 valence electrons. The standard InChI is InChI=1S/C16H30I2O/c1-2-3-4-5-6-7-8-9-10-11-12-13-14-15(19)16(17)18/h16H,2-14H2,1H3. The van der Waals surface area contributed by atoms with Gasteiger partial charge >= 0.3 is 0 Å². The molecule has 0 N–H and O–H groups in total. The largest absolute Gasteiger partial charge is 0.298 e. The lowest BCUT2D eigenvalue weighted by Crippen LogP contribution is -2.05. The zero-order valence-electron chi connectivity index (χ0n) is 12.4. The van der Waals surface area contributed by atoms with Crippen LogP contribution in [0.25, 0.3) is 0 Å². The van der Waals surface area contributed by atoms with Gasteiger partial charge in [-0.3, -0.25) is 4.79 Å². The van der Waals surface area contributed by atoms with Gasteiger partial charge in [-0.2, -0.15) is 0 Å². The average molecular weight is 492 g/mol. The van der Waals surface area contributed by atoms with Crippen LogP contribution in [-0.4, -0.2) is 7.71 Å². The van der Waals surface area contributed by atoms with Crippen molar-refractivity contribution < 1.29 is 4.79 Å². The SMILES string of the molecule is CCCCCCCCCCCCCCC(=O)C(I)I. The Labute approximate surface area is 147 Å². The highest BCUT2D eigenvalue weighted by atomic mass is 127. The van der Waals surface area contributed by atoms with E-state index in [0.717, 1.165) is 12.8 Å².